The van der Waals surface area contributed by atoms with Crippen molar-refractivity contribution in [2.75, 3.05) is 19.3 Å². The second kappa shape index (κ2) is 9.52. The molecule has 1 heterocycles. The van der Waals surface area contributed by atoms with Crippen LogP contribution in [-0.2, 0) is 16.0 Å². The smallest absolute Gasteiger partial charge is 0.326 e. The van der Waals surface area contributed by atoms with Crippen molar-refractivity contribution in [3.05, 3.63) is 70.3 Å². The molecule has 0 aliphatic carbocycles. The predicted octanol–water partition coefficient (Wildman–Crippen LogP) is 4.89. The van der Waals surface area contributed by atoms with Crippen molar-refractivity contribution >= 4 is 40.8 Å². The van der Waals surface area contributed by atoms with Crippen LogP contribution in [0, 0.1) is 5.41 Å². The van der Waals surface area contributed by atoms with Gasteiger partial charge in [-0.3, -0.25) is 15.0 Å². The SMILES string of the molecule is CSC(=N)c1ccc(/C=C/c2ccc3c(c2)CCN(CC(=O)OC(C)(C)C)C3=O)cc1. The van der Waals surface area contributed by atoms with E-state index in [2.05, 4.69) is 0 Å². The van der Waals surface area contributed by atoms with Gasteiger partial charge in [-0.15, -0.1) is 11.8 Å². The lowest BCUT2D eigenvalue weighted by Crippen LogP contribution is -2.42. The molecule has 2 aromatic carbocycles. The van der Waals surface area contributed by atoms with Crippen LogP contribution in [0.15, 0.2) is 42.5 Å². The van der Waals surface area contributed by atoms with Gasteiger partial charge < -0.3 is 9.64 Å². The van der Waals surface area contributed by atoms with Crippen molar-refractivity contribution in [2.24, 2.45) is 0 Å². The number of carbonyl (C=O) groups is 2. The molecule has 0 atom stereocenters. The number of rotatable bonds is 5. The summed E-state index contributed by atoms with van der Waals surface area (Å²) in [6.45, 7) is 5.92. The lowest BCUT2D eigenvalue weighted by atomic mass is 9.96. The summed E-state index contributed by atoms with van der Waals surface area (Å²) < 4.78 is 5.34. The van der Waals surface area contributed by atoms with Gasteiger partial charge in [-0.25, -0.2) is 0 Å². The highest BCUT2D eigenvalue weighted by atomic mass is 32.2. The largest absolute Gasteiger partial charge is 0.459 e. The topological polar surface area (TPSA) is 70.5 Å². The number of nitrogens with zero attached hydrogens (tertiary/aromatic N) is 1. The molecule has 0 unspecified atom stereocenters. The summed E-state index contributed by atoms with van der Waals surface area (Å²) in [4.78, 5) is 26.5. The fourth-order valence-corrected chi connectivity index (χ4v) is 3.77. The van der Waals surface area contributed by atoms with Crippen molar-refractivity contribution in [2.45, 2.75) is 32.8 Å². The first-order valence-electron chi connectivity index (χ1n) is 10.2. The molecule has 0 aromatic heterocycles. The van der Waals surface area contributed by atoms with Gasteiger partial charge >= 0.3 is 5.97 Å². The summed E-state index contributed by atoms with van der Waals surface area (Å²) in [5, 5.41) is 8.42. The highest BCUT2D eigenvalue weighted by molar-refractivity contribution is 8.13. The third-order valence-electron chi connectivity index (χ3n) is 4.88. The van der Waals surface area contributed by atoms with E-state index in [-0.39, 0.29) is 18.4 Å². The Balaban J connectivity index is 1.68. The van der Waals surface area contributed by atoms with Crippen molar-refractivity contribution in [1.29, 1.82) is 5.41 Å². The summed E-state index contributed by atoms with van der Waals surface area (Å²) in [7, 11) is 0. The summed E-state index contributed by atoms with van der Waals surface area (Å²) in [5.74, 6) is -0.517. The molecule has 1 aliphatic rings. The first-order valence-corrected chi connectivity index (χ1v) is 11.4. The minimum absolute atomic E-state index is 0.0266. The Bertz CT molecular complexity index is 1020. The Morgan fingerprint density at radius 1 is 1.13 bits per heavy atom. The molecule has 0 saturated heterocycles. The second-order valence-electron chi connectivity index (χ2n) is 8.47. The first-order chi connectivity index (χ1) is 14.7. The molecule has 0 spiro atoms. The van der Waals surface area contributed by atoms with Crippen molar-refractivity contribution in [1.82, 2.24) is 4.90 Å². The minimum atomic E-state index is -0.563. The van der Waals surface area contributed by atoms with Gasteiger partial charge in [-0.2, -0.15) is 0 Å². The Hall–Kier alpha value is -2.86. The van der Waals surface area contributed by atoms with Crippen LogP contribution < -0.4 is 0 Å². The van der Waals surface area contributed by atoms with E-state index in [1.54, 1.807) is 4.90 Å². The number of fused-ring (bicyclic) bond motifs is 1. The van der Waals surface area contributed by atoms with Crippen molar-refractivity contribution < 1.29 is 14.3 Å². The normalized spacial score (nSPS) is 13.9. The monoisotopic (exact) mass is 436 g/mol. The van der Waals surface area contributed by atoms with Gasteiger partial charge in [0.15, 0.2) is 0 Å². The molecule has 1 aliphatic heterocycles. The van der Waals surface area contributed by atoms with E-state index in [1.165, 1.54) is 11.8 Å². The third-order valence-corrected chi connectivity index (χ3v) is 5.53. The summed E-state index contributed by atoms with van der Waals surface area (Å²) in [6.07, 6.45) is 6.64. The minimum Gasteiger partial charge on any atom is -0.459 e. The summed E-state index contributed by atoms with van der Waals surface area (Å²) in [6, 6.07) is 13.7. The number of thioether (sulfide) groups is 1. The Labute approximate surface area is 188 Å². The second-order valence-corrected chi connectivity index (χ2v) is 9.28. The third kappa shape index (κ3) is 6.07. The van der Waals surface area contributed by atoms with E-state index in [9.17, 15) is 9.59 Å². The van der Waals surface area contributed by atoms with Gasteiger partial charge in [0.1, 0.15) is 12.1 Å². The molecule has 0 radical (unpaired) electrons. The number of nitrogens with one attached hydrogen (secondary N) is 1. The van der Waals surface area contributed by atoms with Crippen LogP contribution in [-0.4, -0.2) is 46.8 Å². The van der Waals surface area contributed by atoms with Gasteiger partial charge in [0, 0.05) is 17.7 Å². The number of benzene rings is 2. The fraction of sp³-hybridized carbons (Fsp3) is 0.320. The van der Waals surface area contributed by atoms with Crippen molar-refractivity contribution in [3.63, 3.8) is 0 Å². The van der Waals surface area contributed by atoms with Crippen LogP contribution in [0.25, 0.3) is 12.2 Å². The molecule has 162 valence electrons. The Kier molecular flexibility index (Phi) is 7.01. The molecule has 0 fully saturated rings. The molecular formula is C25H28N2O3S. The van der Waals surface area contributed by atoms with Crippen LogP contribution in [0.5, 0.6) is 0 Å². The van der Waals surface area contributed by atoms with Crippen LogP contribution in [0.3, 0.4) is 0 Å². The highest BCUT2D eigenvalue weighted by Crippen LogP contribution is 2.22. The maximum atomic E-state index is 12.8. The zero-order chi connectivity index (χ0) is 22.6. The van der Waals surface area contributed by atoms with Gasteiger partial charge in [0.05, 0.1) is 5.04 Å². The maximum Gasteiger partial charge on any atom is 0.326 e. The zero-order valence-electron chi connectivity index (χ0n) is 18.4. The van der Waals surface area contributed by atoms with Gasteiger partial charge in [-0.05, 0) is 56.2 Å². The van der Waals surface area contributed by atoms with Crippen LogP contribution >= 0.6 is 11.8 Å². The lowest BCUT2D eigenvalue weighted by molar-refractivity contribution is -0.155. The Morgan fingerprint density at radius 2 is 1.77 bits per heavy atom. The van der Waals surface area contributed by atoms with Crippen LogP contribution in [0.2, 0.25) is 0 Å². The average molecular weight is 437 g/mol. The molecule has 1 amide bonds. The number of esters is 1. The molecule has 2 aromatic rings. The fourth-order valence-electron chi connectivity index (χ4n) is 3.40. The standard InChI is InChI=1S/C25H28N2O3S/c1-25(2,3)30-22(28)16-27-14-13-20-15-18(9-12-21(20)24(27)29)6-5-17-7-10-19(11-8-17)23(26)31-4/h5-12,15,26H,13-14,16H2,1-4H3/b6-5+,26-23?. The molecule has 1 N–H and O–H groups in total. The predicted molar refractivity (Wildman–Crippen MR) is 128 cm³/mol. The number of ether oxygens (including phenoxy) is 1. The molecule has 6 heteroatoms. The summed E-state index contributed by atoms with van der Waals surface area (Å²) >= 11 is 1.42. The molecule has 0 bridgehead atoms. The molecular weight excluding hydrogens is 408 g/mol. The quantitative estimate of drug-likeness (QED) is 0.314. The van der Waals surface area contributed by atoms with Gasteiger partial charge in [-0.1, -0.05) is 48.6 Å². The summed E-state index contributed by atoms with van der Waals surface area (Å²) in [5.41, 5.74) is 4.06. The lowest BCUT2D eigenvalue weighted by Gasteiger charge is -2.29. The van der Waals surface area contributed by atoms with E-state index >= 15 is 0 Å². The highest BCUT2D eigenvalue weighted by Gasteiger charge is 2.27. The van der Waals surface area contributed by atoms with E-state index in [1.807, 2.05) is 81.6 Å². The number of hydrogen-bond acceptors (Lipinski definition) is 5. The van der Waals surface area contributed by atoms with Crippen LogP contribution in [0.4, 0.5) is 0 Å². The van der Waals surface area contributed by atoms with E-state index < -0.39 is 5.60 Å². The number of hydrogen-bond donors (Lipinski definition) is 1. The van der Waals surface area contributed by atoms with Crippen molar-refractivity contribution in [3.8, 4) is 0 Å². The molecule has 5 nitrogen and oxygen atoms in total. The van der Waals surface area contributed by atoms with Gasteiger partial charge in [0.2, 0.25) is 0 Å². The molecule has 31 heavy (non-hydrogen) atoms. The number of carbonyl (C=O) groups excluding carboxylic acids is 2. The zero-order valence-corrected chi connectivity index (χ0v) is 19.2. The van der Waals surface area contributed by atoms with E-state index in [4.69, 9.17) is 10.1 Å². The average Bonchev–Trinajstić information content (AvgIpc) is 2.72. The maximum absolute atomic E-state index is 12.8. The Morgan fingerprint density at radius 3 is 2.42 bits per heavy atom. The molecule has 0 saturated carbocycles. The van der Waals surface area contributed by atoms with Gasteiger partial charge in [0.25, 0.3) is 5.91 Å². The van der Waals surface area contributed by atoms with Crippen LogP contribution in [0.1, 0.15) is 53.4 Å². The van der Waals surface area contributed by atoms with E-state index in [0.29, 0.717) is 23.6 Å². The molecule has 3 rings (SSSR count). The first kappa shape index (κ1) is 22.8. The van der Waals surface area contributed by atoms with E-state index in [0.717, 1.165) is 22.3 Å². The number of amides is 1.